The lowest BCUT2D eigenvalue weighted by molar-refractivity contribution is -0.118. The highest BCUT2D eigenvalue weighted by Gasteiger charge is 2.15. The number of hydrogen-bond acceptors (Lipinski definition) is 3. The molecule has 4 nitrogen and oxygen atoms in total. The Morgan fingerprint density at radius 3 is 3.10 bits per heavy atom. The topological polar surface area (TPSA) is 46.9 Å². The summed E-state index contributed by atoms with van der Waals surface area (Å²) in [7, 11) is 0. The van der Waals surface area contributed by atoms with Crippen LogP contribution in [0.3, 0.4) is 0 Å². The predicted octanol–water partition coefficient (Wildman–Crippen LogP) is 2.89. The minimum absolute atomic E-state index is 0.312. The van der Waals surface area contributed by atoms with E-state index in [0.717, 1.165) is 25.1 Å². The third-order valence-corrected chi connectivity index (χ3v) is 4.27. The number of carbonyl (C=O) groups is 1. The Hall–Kier alpha value is -1.16. The number of rotatable bonds is 7. The fraction of sp³-hybridized carbons (Fsp3) is 0.750. The van der Waals surface area contributed by atoms with Gasteiger partial charge in [0, 0.05) is 24.7 Å². The lowest BCUT2D eigenvalue weighted by Gasteiger charge is -2.22. The van der Waals surface area contributed by atoms with E-state index in [4.69, 9.17) is 0 Å². The summed E-state index contributed by atoms with van der Waals surface area (Å²) in [6.45, 7) is 5.40. The van der Waals surface area contributed by atoms with Crippen LogP contribution in [0.1, 0.15) is 64.1 Å². The molecular weight excluding hydrogens is 250 g/mol. The van der Waals surface area contributed by atoms with Crippen LogP contribution in [0, 0.1) is 0 Å². The molecule has 1 N–H and O–H groups in total. The Bertz CT molecular complexity index is 421. The van der Waals surface area contributed by atoms with Crippen LogP contribution in [0.2, 0.25) is 0 Å². The summed E-state index contributed by atoms with van der Waals surface area (Å²) in [5, 5.41) is 7.99. The van der Waals surface area contributed by atoms with Crippen molar-refractivity contribution in [3.63, 3.8) is 0 Å². The normalized spacial score (nSPS) is 20.8. The molecule has 0 radical (unpaired) electrons. The van der Waals surface area contributed by atoms with Crippen molar-refractivity contribution in [1.82, 2.24) is 15.1 Å². The van der Waals surface area contributed by atoms with Gasteiger partial charge in [0.1, 0.15) is 5.78 Å². The highest BCUT2D eigenvalue weighted by atomic mass is 16.1. The molecule has 0 spiro atoms. The van der Waals surface area contributed by atoms with E-state index in [1.807, 2.05) is 16.9 Å². The van der Waals surface area contributed by atoms with Crippen molar-refractivity contribution >= 4 is 5.78 Å². The maximum atomic E-state index is 12.0. The Balaban J connectivity index is 1.74. The van der Waals surface area contributed by atoms with E-state index >= 15 is 0 Å². The summed E-state index contributed by atoms with van der Waals surface area (Å²) < 4.78 is 1.96. The van der Waals surface area contributed by atoms with Gasteiger partial charge in [-0.15, -0.1) is 0 Å². The monoisotopic (exact) mass is 277 g/mol. The molecule has 2 unspecified atom stereocenters. The molecule has 1 fully saturated rings. The lowest BCUT2D eigenvalue weighted by atomic mass is 9.98. The number of ketones is 1. The van der Waals surface area contributed by atoms with Crippen LogP contribution in [0.15, 0.2) is 12.3 Å². The van der Waals surface area contributed by atoms with E-state index in [0.29, 0.717) is 30.7 Å². The van der Waals surface area contributed by atoms with Crippen molar-refractivity contribution in [3.05, 3.63) is 18.0 Å². The molecule has 1 aromatic rings. The van der Waals surface area contributed by atoms with Gasteiger partial charge < -0.3 is 5.32 Å². The second-order valence-corrected chi connectivity index (χ2v) is 5.95. The zero-order valence-electron chi connectivity index (χ0n) is 12.8. The van der Waals surface area contributed by atoms with Crippen LogP contribution >= 0.6 is 0 Å². The van der Waals surface area contributed by atoms with Crippen molar-refractivity contribution in [2.24, 2.45) is 0 Å². The van der Waals surface area contributed by atoms with Gasteiger partial charge in [0.15, 0.2) is 0 Å². The molecule has 0 aliphatic carbocycles. The summed E-state index contributed by atoms with van der Waals surface area (Å²) in [5.74, 6) is 0.312. The molecule has 0 aromatic carbocycles. The number of nitrogens with zero attached hydrogens (tertiary/aromatic N) is 2. The summed E-state index contributed by atoms with van der Waals surface area (Å²) in [5.41, 5.74) is 0.909. The summed E-state index contributed by atoms with van der Waals surface area (Å²) >= 11 is 0. The summed E-state index contributed by atoms with van der Waals surface area (Å²) in [6, 6.07) is 2.93. The van der Waals surface area contributed by atoms with E-state index in [1.54, 1.807) is 0 Å². The highest BCUT2D eigenvalue weighted by Crippen LogP contribution is 2.13. The molecule has 112 valence electrons. The van der Waals surface area contributed by atoms with Crippen LogP contribution in [-0.4, -0.2) is 28.2 Å². The van der Waals surface area contributed by atoms with Crippen LogP contribution in [-0.2, 0) is 11.2 Å². The van der Waals surface area contributed by atoms with E-state index in [9.17, 15) is 4.79 Å². The lowest BCUT2D eigenvalue weighted by Crippen LogP contribution is -2.34. The number of carbonyl (C=O) groups excluding carboxylic acids is 1. The maximum absolute atomic E-state index is 12.0. The first-order valence-electron chi connectivity index (χ1n) is 7.98. The average molecular weight is 277 g/mol. The molecule has 2 heterocycles. The van der Waals surface area contributed by atoms with Gasteiger partial charge in [-0.05, 0) is 45.2 Å². The Morgan fingerprint density at radius 1 is 1.55 bits per heavy atom. The van der Waals surface area contributed by atoms with Crippen LogP contribution < -0.4 is 5.32 Å². The Kier molecular flexibility index (Phi) is 5.77. The number of hydrogen-bond donors (Lipinski definition) is 1. The van der Waals surface area contributed by atoms with Gasteiger partial charge in [-0.25, -0.2) is 0 Å². The molecular formula is C16H27N3O. The maximum Gasteiger partial charge on any atom is 0.138 e. The van der Waals surface area contributed by atoms with Crippen LogP contribution in [0.5, 0.6) is 0 Å². The van der Waals surface area contributed by atoms with Gasteiger partial charge in [0.2, 0.25) is 0 Å². The van der Waals surface area contributed by atoms with Gasteiger partial charge in [-0.1, -0.05) is 13.3 Å². The first-order valence-corrected chi connectivity index (χ1v) is 7.98. The molecule has 1 aliphatic heterocycles. The first kappa shape index (κ1) is 15.2. The standard InChI is InChI=1S/C16H27N3O/c1-3-13(2)19-11-9-15(18-19)12-16(20)8-7-14-6-4-5-10-17-14/h9,11,13-14,17H,3-8,10,12H2,1-2H3. The molecule has 1 aliphatic rings. The molecule has 20 heavy (non-hydrogen) atoms. The van der Waals surface area contributed by atoms with Gasteiger partial charge in [-0.2, -0.15) is 5.10 Å². The average Bonchev–Trinajstić information content (AvgIpc) is 2.94. The SMILES string of the molecule is CCC(C)n1ccc(CC(=O)CCC2CCCCN2)n1. The predicted molar refractivity (Wildman–Crippen MR) is 80.8 cm³/mol. The third kappa shape index (κ3) is 4.44. The van der Waals surface area contributed by atoms with Crippen molar-refractivity contribution in [2.75, 3.05) is 6.54 Å². The zero-order chi connectivity index (χ0) is 14.4. The van der Waals surface area contributed by atoms with E-state index in [-0.39, 0.29) is 0 Å². The zero-order valence-corrected chi connectivity index (χ0v) is 12.8. The fourth-order valence-corrected chi connectivity index (χ4v) is 2.70. The van der Waals surface area contributed by atoms with Gasteiger partial charge >= 0.3 is 0 Å². The van der Waals surface area contributed by atoms with Crippen molar-refractivity contribution in [1.29, 1.82) is 0 Å². The van der Waals surface area contributed by atoms with Crippen molar-refractivity contribution in [2.45, 2.75) is 70.9 Å². The first-order chi connectivity index (χ1) is 9.69. The van der Waals surface area contributed by atoms with Gasteiger partial charge in [0.05, 0.1) is 12.1 Å². The van der Waals surface area contributed by atoms with Crippen LogP contribution in [0.25, 0.3) is 0 Å². The van der Waals surface area contributed by atoms with E-state index in [2.05, 4.69) is 24.3 Å². The van der Waals surface area contributed by atoms with E-state index in [1.165, 1.54) is 19.3 Å². The molecule has 1 saturated heterocycles. The highest BCUT2D eigenvalue weighted by molar-refractivity contribution is 5.80. The number of Topliss-reactive ketones (excluding diaryl/α,β-unsaturated/α-hetero) is 1. The molecule has 0 saturated carbocycles. The smallest absolute Gasteiger partial charge is 0.138 e. The van der Waals surface area contributed by atoms with Gasteiger partial charge in [0.25, 0.3) is 0 Å². The number of aromatic nitrogens is 2. The van der Waals surface area contributed by atoms with Crippen molar-refractivity contribution < 1.29 is 4.79 Å². The largest absolute Gasteiger partial charge is 0.314 e. The number of piperidine rings is 1. The number of nitrogens with one attached hydrogen (secondary N) is 1. The quantitative estimate of drug-likeness (QED) is 0.833. The molecule has 2 rings (SSSR count). The molecule has 4 heteroatoms. The Morgan fingerprint density at radius 2 is 2.40 bits per heavy atom. The summed E-state index contributed by atoms with van der Waals surface area (Å²) in [4.78, 5) is 12.0. The molecule has 1 aromatic heterocycles. The van der Waals surface area contributed by atoms with E-state index < -0.39 is 0 Å². The third-order valence-electron chi connectivity index (χ3n) is 4.27. The van der Waals surface area contributed by atoms with Crippen molar-refractivity contribution in [3.8, 4) is 0 Å². The second-order valence-electron chi connectivity index (χ2n) is 5.95. The minimum atomic E-state index is 0.312. The molecule has 2 atom stereocenters. The van der Waals surface area contributed by atoms with Gasteiger partial charge in [-0.3, -0.25) is 9.48 Å². The fourth-order valence-electron chi connectivity index (χ4n) is 2.70. The Labute approximate surface area is 121 Å². The summed E-state index contributed by atoms with van der Waals surface area (Å²) in [6.07, 6.45) is 8.97. The molecule has 0 bridgehead atoms. The minimum Gasteiger partial charge on any atom is -0.314 e. The van der Waals surface area contributed by atoms with Crippen LogP contribution in [0.4, 0.5) is 0 Å². The second kappa shape index (κ2) is 7.58. The molecule has 0 amide bonds.